The van der Waals surface area contributed by atoms with E-state index in [4.69, 9.17) is 0 Å². The molecule has 224 valence electrons. The number of aliphatic imine (C=N–C) groups is 1. The van der Waals surface area contributed by atoms with Gasteiger partial charge in [-0.15, -0.1) is 0 Å². The molecule has 0 spiro atoms. The molecule has 16 heteroatoms. The van der Waals surface area contributed by atoms with Crippen LogP contribution in [-0.4, -0.2) is 55.6 Å². The van der Waals surface area contributed by atoms with Gasteiger partial charge >= 0.3 is 24.1 Å². The van der Waals surface area contributed by atoms with E-state index in [1.807, 2.05) is 26.0 Å². The average molecular weight is 617 g/mol. The SMILES string of the molecule is CC(C)c1ccccc1N1C(=O)CS/C1=N\C(=O)Nc1ccc(-c2ncn(CCC(F)(F)C(F)(F)C(F)(F)F)n2)cc1. The van der Waals surface area contributed by atoms with Crippen molar-refractivity contribution in [1.82, 2.24) is 14.8 Å². The highest BCUT2D eigenvalue weighted by molar-refractivity contribution is 8.15. The first-order valence-corrected chi connectivity index (χ1v) is 13.4. The van der Waals surface area contributed by atoms with E-state index in [-0.39, 0.29) is 28.6 Å². The van der Waals surface area contributed by atoms with E-state index < -0.39 is 37.0 Å². The third-order valence-corrected chi connectivity index (χ3v) is 7.09. The molecule has 42 heavy (non-hydrogen) atoms. The van der Waals surface area contributed by atoms with Gasteiger partial charge in [-0.05, 0) is 41.8 Å². The number of para-hydroxylation sites is 1. The Hall–Kier alpha value is -3.95. The average Bonchev–Trinajstić information content (AvgIpc) is 3.53. The topological polar surface area (TPSA) is 92.5 Å². The number of aryl methyl sites for hydroxylation is 1. The summed E-state index contributed by atoms with van der Waals surface area (Å²) in [7, 11) is 0. The van der Waals surface area contributed by atoms with E-state index in [0.717, 1.165) is 28.3 Å². The highest BCUT2D eigenvalue weighted by atomic mass is 32.2. The van der Waals surface area contributed by atoms with Gasteiger partial charge in [-0.1, -0.05) is 43.8 Å². The molecule has 1 aliphatic heterocycles. The summed E-state index contributed by atoms with van der Waals surface area (Å²) in [5, 5.41) is 6.64. The number of hydrogen-bond donors (Lipinski definition) is 1. The van der Waals surface area contributed by atoms with E-state index >= 15 is 0 Å². The highest BCUT2D eigenvalue weighted by Crippen LogP contribution is 2.48. The fourth-order valence-corrected chi connectivity index (χ4v) is 4.81. The third-order valence-electron chi connectivity index (χ3n) is 6.16. The first-order valence-electron chi connectivity index (χ1n) is 12.4. The number of nitrogens with zero attached hydrogens (tertiary/aromatic N) is 5. The maximum Gasteiger partial charge on any atom is 0.459 e. The van der Waals surface area contributed by atoms with Crippen LogP contribution in [0.5, 0.6) is 0 Å². The Bertz CT molecular complexity index is 1490. The molecule has 1 aromatic heterocycles. The maximum atomic E-state index is 13.6. The number of benzene rings is 2. The Morgan fingerprint density at radius 3 is 2.36 bits per heavy atom. The third kappa shape index (κ3) is 6.42. The Balaban J connectivity index is 1.41. The summed E-state index contributed by atoms with van der Waals surface area (Å²) in [5.74, 6) is -11.5. The fourth-order valence-electron chi connectivity index (χ4n) is 3.96. The van der Waals surface area contributed by atoms with Gasteiger partial charge in [0.25, 0.3) is 0 Å². The number of amides is 3. The standard InChI is InChI=1S/C26H23F7N6O2S/c1-15(2)18-5-3-4-6-19(18)39-20(40)13-42-23(39)36-22(41)35-17-9-7-16(8-10-17)21-34-14-38(37-21)12-11-24(27,28)25(29,30)26(31,32)33/h3-10,14-15H,11-13H2,1-2H3,(H,35,41)/b36-23-. The zero-order chi connectivity index (χ0) is 30.9. The van der Waals surface area contributed by atoms with Crippen LogP contribution in [0.15, 0.2) is 59.9 Å². The first-order chi connectivity index (χ1) is 19.6. The quantitative estimate of drug-likeness (QED) is 0.277. The molecule has 1 fully saturated rings. The van der Waals surface area contributed by atoms with Crippen molar-refractivity contribution in [3.63, 3.8) is 0 Å². The largest absolute Gasteiger partial charge is 0.459 e. The second-order valence-corrected chi connectivity index (χ2v) is 10.4. The Morgan fingerprint density at radius 2 is 1.71 bits per heavy atom. The minimum atomic E-state index is -6.40. The van der Waals surface area contributed by atoms with Crippen LogP contribution < -0.4 is 10.2 Å². The number of hydrogen-bond acceptors (Lipinski definition) is 5. The number of amidine groups is 1. The number of nitrogens with one attached hydrogen (secondary N) is 1. The van der Waals surface area contributed by atoms with Crippen molar-refractivity contribution in [2.24, 2.45) is 4.99 Å². The molecule has 0 bridgehead atoms. The lowest BCUT2D eigenvalue weighted by Gasteiger charge is -2.27. The predicted octanol–water partition coefficient (Wildman–Crippen LogP) is 6.96. The summed E-state index contributed by atoms with van der Waals surface area (Å²) in [6.45, 7) is 3.02. The molecule has 1 saturated heterocycles. The molecule has 0 atom stereocenters. The lowest BCUT2D eigenvalue weighted by molar-refractivity contribution is -0.356. The van der Waals surface area contributed by atoms with Crippen molar-refractivity contribution in [3.05, 3.63) is 60.4 Å². The van der Waals surface area contributed by atoms with Gasteiger partial charge in [-0.2, -0.15) is 40.8 Å². The van der Waals surface area contributed by atoms with Crippen LogP contribution in [0.3, 0.4) is 0 Å². The molecular weight excluding hydrogens is 593 g/mol. The molecule has 1 aliphatic rings. The molecule has 0 radical (unpaired) electrons. The monoisotopic (exact) mass is 616 g/mol. The number of alkyl halides is 7. The normalized spacial score (nSPS) is 15.6. The molecule has 4 rings (SSSR count). The molecule has 0 saturated carbocycles. The van der Waals surface area contributed by atoms with Crippen molar-refractivity contribution < 1.29 is 40.3 Å². The minimum Gasteiger partial charge on any atom is -0.306 e. The Morgan fingerprint density at radius 1 is 1.05 bits per heavy atom. The first kappa shape index (κ1) is 31.0. The lowest BCUT2D eigenvalue weighted by Crippen LogP contribution is -2.52. The number of carbonyl (C=O) groups excluding carboxylic acids is 2. The van der Waals surface area contributed by atoms with Gasteiger partial charge in [0.1, 0.15) is 6.33 Å². The molecular formula is C26H23F7N6O2S. The van der Waals surface area contributed by atoms with Crippen LogP contribution in [0.2, 0.25) is 0 Å². The van der Waals surface area contributed by atoms with Gasteiger partial charge in [0, 0.05) is 24.2 Å². The molecule has 1 N–H and O–H groups in total. The van der Waals surface area contributed by atoms with Crippen LogP contribution in [0.1, 0.15) is 31.7 Å². The summed E-state index contributed by atoms with van der Waals surface area (Å²) >= 11 is 1.13. The summed E-state index contributed by atoms with van der Waals surface area (Å²) in [4.78, 5) is 34.6. The second kappa shape index (κ2) is 11.7. The smallest absolute Gasteiger partial charge is 0.306 e. The van der Waals surface area contributed by atoms with E-state index in [1.54, 1.807) is 12.1 Å². The van der Waals surface area contributed by atoms with E-state index in [2.05, 4.69) is 20.4 Å². The van der Waals surface area contributed by atoms with Gasteiger partial charge in [-0.3, -0.25) is 14.4 Å². The van der Waals surface area contributed by atoms with Gasteiger partial charge < -0.3 is 5.32 Å². The van der Waals surface area contributed by atoms with Gasteiger partial charge in [0.05, 0.1) is 11.4 Å². The summed E-state index contributed by atoms with van der Waals surface area (Å²) in [5.41, 5.74) is 2.22. The molecule has 0 aliphatic carbocycles. The van der Waals surface area contributed by atoms with Crippen molar-refractivity contribution in [3.8, 4) is 11.4 Å². The van der Waals surface area contributed by atoms with Crippen LogP contribution in [0.4, 0.5) is 46.9 Å². The molecule has 3 amide bonds. The Labute approximate surface area is 239 Å². The van der Waals surface area contributed by atoms with E-state index in [1.165, 1.54) is 29.2 Å². The van der Waals surface area contributed by atoms with E-state index in [9.17, 15) is 40.3 Å². The van der Waals surface area contributed by atoms with Crippen LogP contribution in [-0.2, 0) is 11.3 Å². The Kier molecular flexibility index (Phi) is 8.66. The van der Waals surface area contributed by atoms with E-state index in [0.29, 0.717) is 16.9 Å². The minimum absolute atomic E-state index is 0.0145. The van der Waals surface area contributed by atoms with Crippen molar-refractivity contribution in [2.75, 3.05) is 16.0 Å². The molecule has 3 aromatic rings. The summed E-state index contributed by atoms with van der Waals surface area (Å²) in [6, 6.07) is 12.4. The van der Waals surface area contributed by atoms with Gasteiger partial charge in [-0.25, -0.2) is 9.78 Å². The number of urea groups is 1. The van der Waals surface area contributed by atoms with Crippen LogP contribution in [0.25, 0.3) is 11.4 Å². The zero-order valence-electron chi connectivity index (χ0n) is 22.0. The van der Waals surface area contributed by atoms with Gasteiger partial charge in [0.15, 0.2) is 11.0 Å². The maximum absolute atomic E-state index is 13.6. The van der Waals surface area contributed by atoms with Crippen molar-refractivity contribution in [1.29, 1.82) is 0 Å². The number of aromatic nitrogens is 3. The molecule has 2 aromatic carbocycles. The molecule has 2 heterocycles. The van der Waals surface area contributed by atoms with Crippen LogP contribution in [0, 0.1) is 0 Å². The molecule has 0 unspecified atom stereocenters. The summed E-state index contributed by atoms with van der Waals surface area (Å²) < 4.78 is 91.0. The second-order valence-electron chi connectivity index (χ2n) is 9.49. The number of carbonyl (C=O) groups is 2. The summed E-state index contributed by atoms with van der Waals surface area (Å²) in [6.07, 6.45) is -7.30. The number of thioether (sulfide) groups is 1. The molecule has 8 nitrogen and oxygen atoms in total. The zero-order valence-corrected chi connectivity index (χ0v) is 22.8. The van der Waals surface area contributed by atoms with Crippen molar-refractivity contribution >= 4 is 40.2 Å². The highest BCUT2D eigenvalue weighted by Gasteiger charge is 2.72. The van der Waals surface area contributed by atoms with Gasteiger partial charge in [0.2, 0.25) is 5.91 Å². The lowest BCUT2D eigenvalue weighted by atomic mass is 10.0. The van der Waals surface area contributed by atoms with Crippen LogP contribution >= 0.6 is 11.8 Å². The fraction of sp³-hybridized carbons (Fsp3) is 0.346. The number of halogens is 7. The predicted molar refractivity (Wildman–Crippen MR) is 143 cm³/mol. The number of anilines is 2. The van der Waals surface area contributed by atoms with Crippen molar-refractivity contribution in [2.45, 2.75) is 50.8 Å². The number of rotatable bonds is 8.